The van der Waals surface area contributed by atoms with Gasteiger partial charge in [0.25, 0.3) is 5.91 Å². The van der Waals surface area contributed by atoms with E-state index in [-0.39, 0.29) is 11.7 Å². The highest BCUT2D eigenvalue weighted by Crippen LogP contribution is 2.24. The number of aromatic hydroxyl groups is 1. The Morgan fingerprint density at radius 3 is 2.47 bits per heavy atom. The molecule has 0 bridgehead atoms. The molecule has 0 heterocycles. The zero-order chi connectivity index (χ0) is 13.8. The lowest BCUT2D eigenvalue weighted by Gasteiger charge is -2.08. The van der Waals surface area contributed by atoms with E-state index >= 15 is 0 Å². The minimum atomic E-state index is -0.264. The summed E-state index contributed by atoms with van der Waals surface area (Å²) >= 11 is 5.69. The van der Waals surface area contributed by atoms with Crippen LogP contribution in [0.4, 0.5) is 5.69 Å². The van der Waals surface area contributed by atoms with Gasteiger partial charge in [0, 0.05) is 11.4 Å². The van der Waals surface area contributed by atoms with Crippen LogP contribution in [0.15, 0.2) is 42.5 Å². The molecule has 0 unspecified atom stereocenters. The quantitative estimate of drug-likeness (QED) is 0.663. The third-order valence-corrected chi connectivity index (χ3v) is 3.08. The highest BCUT2D eigenvalue weighted by molar-refractivity contribution is 6.17. The fraction of sp³-hybridized carbons (Fsp3) is 0.133. The molecule has 2 N–H and O–H groups in total. The monoisotopic (exact) mass is 275 g/mol. The zero-order valence-electron chi connectivity index (χ0n) is 10.5. The molecule has 1 amide bonds. The molecule has 2 aromatic carbocycles. The molecule has 2 aromatic rings. The summed E-state index contributed by atoms with van der Waals surface area (Å²) in [6, 6.07) is 12.1. The molecule has 0 saturated heterocycles. The molecule has 0 spiro atoms. The van der Waals surface area contributed by atoms with E-state index in [1.165, 1.54) is 0 Å². The molecule has 19 heavy (non-hydrogen) atoms. The van der Waals surface area contributed by atoms with Gasteiger partial charge in [-0.25, -0.2) is 0 Å². The largest absolute Gasteiger partial charge is 0.506 e. The van der Waals surface area contributed by atoms with Gasteiger partial charge in [0.15, 0.2) is 0 Å². The van der Waals surface area contributed by atoms with E-state index in [4.69, 9.17) is 11.6 Å². The van der Waals surface area contributed by atoms with Crippen LogP contribution in [-0.2, 0) is 5.88 Å². The first-order valence-corrected chi connectivity index (χ1v) is 6.39. The molecule has 0 atom stereocenters. The number of phenolic OH excluding ortho intramolecular Hbond substituents is 1. The first-order valence-electron chi connectivity index (χ1n) is 5.86. The van der Waals surface area contributed by atoms with E-state index in [0.717, 1.165) is 11.1 Å². The summed E-state index contributed by atoms with van der Waals surface area (Å²) < 4.78 is 0. The predicted molar refractivity (Wildman–Crippen MR) is 76.8 cm³/mol. The second-order valence-corrected chi connectivity index (χ2v) is 4.57. The van der Waals surface area contributed by atoms with Gasteiger partial charge >= 0.3 is 0 Å². The summed E-state index contributed by atoms with van der Waals surface area (Å²) in [5, 5.41) is 12.4. The summed E-state index contributed by atoms with van der Waals surface area (Å²) in [5.74, 6) is 0.215. The lowest BCUT2D eigenvalue weighted by Crippen LogP contribution is -2.11. The molecule has 0 aliphatic heterocycles. The molecular weight excluding hydrogens is 262 g/mol. The maximum absolute atomic E-state index is 12.0. The molecule has 0 saturated carbocycles. The highest BCUT2D eigenvalue weighted by Gasteiger charge is 2.08. The Morgan fingerprint density at radius 1 is 1.21 bits per heavy atom. The van der Waals surface area contributed by atoms with Crippen molar-refractivity contribution in [3.8, 4) is 5.75 Å². The van der Waals surface area contributed by atoms with E-state index in [1.54, 1.807) is 36.4 Å². The van der Waals surface area contributed by atoms with Crippen molar-refractivity contribution in [1.82, 2.24) is 0 Å². The van der Waals surface area contributed by atoms with Gasteiger partial charge in [0.2, 0.25) is 0 Å². The number of carbonyl (C=O) groups is 1. The minimum absolute atomic E-state index is 0.0609. The van der Waals surface area contributed by atoms with Gasteiger partial charge in [-0.2, -0.15) is 0 Å². The van der Waals surface area contributed by atoms with Crippen molar-refractivity contribution in [2.45, 2.75) is 12.8 Å². The summed E-state index contributed by atoms with van der Waals surface area (Å²) in [6.45, 7) is 1.87. The van der Waals surface area contributed by atoms with E-state index in [0.29, 0.717) is 17.1 Å². The van der Waals surface area contributed by atoms with Gasteiger partial charge in [-0.15, -0.1) is 11.6 Å². The van der Waals surface area contributed by atoms with Crippen molar-refractivity contribution in [2.24, 2.45) is 0 Å². The van der Waals surface area contributed by atoms with Crippen molar-refractivity contribution >= 4 is 23.2 Å². The van der Waals surface area contributed by atoms with Gasteiger partial charge in [0.05, 0.1) is 5.69 Å². The lowest BCUT2D eigenvalue weighted by atomic mass is 10.1. The Morgan fingerprint density at radius 2 is 1.89 bits per heavy atom. The van der Waals surface area contributed by atoms with E-state index in [1.807, 2.05) is 13.0 Å². The fourth-order valence-electron chi connectivity index (χ4n) is 1.69. The fourth-order valence-corrected chi connectivity index (χ4v) is 1.87. The Balaban J connectivity index is 2.15. The van der Waals surface area contributed by atoms with Crippen LogP contribution >= 0.6 is 11.6 Å². The number of alkyl halides is 1. The van der Waals surface area contributed by atoms with E-state index in [2.05, 4.69) is 5.32 Å². The van der Waals surface area contributed by atoms with Crippen molar-refractivity contribution in [2.75, 3.05) is 5.32 Å². The average Bonchev–Trinajstić information content (AvgIpc) is 2.42. The average molecular weight is 276 g/mol. The highest BCUT2D eigenvalue weighted by atomic mass is 35.5. The maximum Gasteiger partial charge on any atom is 0.255 e. The molecule has 3 nitrogen and oxygen atoms in total. The molecule has 98 valence electrons. The number of amides is 1. The minimum Gasteiger partial charge on any atom is -0.506 e. The summed E-state index contributed by atoms with van der Waals surface area (Å²) in [6.07, 6.45) is 0. The lowest BCUT2D eigenvalue weighted by molar-refractivity contribution is 0.102. The Kier molecular flexibility index (Phi) is 4.07. The van der Waals surface area contributed by atoms with Gasteiger partial charge in [-0.3, -0.25) is 4.79 Å². The van der Waals surface area contributed by atoms with Crippen LogP contribution < -0.4 is 5.32 Å². The molecule has 4 heteroatoms. The Bertz CT molecular complexity index is 594. The first kappa shape index (κ1) is 13.4. The molecule has 0 aromatic heterocycles. The molecular formula is C15H14ClNO2. The summed E-state index contributed by atoms with van der Waals surface area (Å²) in [4.78, 5) is 12.0. The number of anilines is 1. The maximum atomic E-state index is 12.0. The normalized spacial score (nSPS) is 10.2. The SMILES string of the molecule is Cc1ccc(NC(=O)c2ccc(CCl)cc2)c(O)c1. The van der Waals surface area contributed by atoms with Crippen LogP contribution in [-0.4, -0.2) is 11.0 Å². The van der Waals surface area contributed by atoms with Crippen molar-refractivity contribution in [1.29, 1.82) is 0 Å². The van der Waals surface area contributed by atoms with Crippen molar-refractivity contribution in [3.63, 3.8) is 0 Å². The van der Waals surface area contributed by atoms with Crippen molar-refractivity contribution < 1.29 is 9.90 Å². The second-order valence-electron chi connectivity index (χ2n) is 4.31. The third-order valence-electron chi connectivity index (χ3n) is 2.77. The third kappa shape index (κ3) is 3.26. The molecule has 0 aliphatic rings. The number of rotatable bonds is 3. The number of phenols is 1. The van der Waals surface area contributed by atoms with Crippen LogP contribution in [0.2, 0.25) is 0 Å². The molecule has 0 radical (unpaired) electrons. The zero-order valence-corrected chi connectivity index (χ0v) is 11.2. The van der Waals surface area contributed by atoms with E-state index in [9.17, 15) is 9.90 Å². The number of hydrogen-bond donors (Lipinski definition) is 2. The predicted octanol–water partition coefficient (Wildman–Crippen LogP) is 3.69. The van der Waals surface area contributed by atoms with Gasteiger partial charge < -0.3 is 10.4 Å². The summed E-state index contributed by atoms with van der Waals surface area (Å²) in [5.41, 5.74) is 2.81. The van der Waals surface area contributed by atoms with Crippen LogP contribution in [0.3, 0.4) is 0 Å². The van der Waals surface area contributed by atoms with Crippen LogP contribution in [0.5, 0.6) is 5.75 Å². The number of carbonyl (C=O) groups excluding carboxylic acids is 1. The smallest absolute Gasteiger partial charge is 0.255 e. The van der Waals surface area contributed by atoms with Crippen molar-refractivity contribution in [3.05, 3.63) is 59.2 Å². The Labute approximate surface area is 116 Å². The number of aryl methyl sites for hydroxylation is 1. The topological polar surface area (TPSA) is 49.3 Å². The number of nitrogens with one attached hydrogen (secondary N) is 1. The molecule has 2 rings (SSSR count). The number of halogens is 1. The number of hydrogen-bond acceptors (Lipinski definition) is 2. The van der Waals surface area contributed by atoms with Gasteiger partial charge in [0.1, 0.15) is 5.75 Å². The summed E-state index contributed by atoms with van der Waals surface area (Å²) in [7, 11) is 0. The van der Waals surface area contributed by atoms with Crippen LogP contribution in [0.1, 0.15) is 21.5 Å². The molecule has 0 aliphatic carbocycles. The van der Waals surface area contributed by atoms with Gasteiger partial charge in [-0.1, -0.05) is 18.2 Å². The van der Waals surface area contributed by atoms with E-state index < -0.39 is 0 Å². The van der Waals surface area contributed by atoms with Crippen LogP contribution in [0, 0.1) is 6.92 Å². The Hall–Kier alpha value is -2.00. The van der Waals surface area contributed by atoms with Gasteiger partial charge in [-0.05, 0) is 42.3 Å². The van der Waals surface area contributed by atoms with Crippen LogP contribution in [0.25, 0.3) is 0 Å². The standard InChI is InChI=1S/C15H14ClNO2/c1-10-2-7-13(14(18)8-10)17-15(19)12-5-3-11(9-16)4-6-12/h2-8,18H,9H2,1H3,(H,17,19). The number of benzene rings is 2. The molecule has 0 fully saturated rings. The second kappa shape index (κ2) is 5.76. The first-order chi connectivity index (χ1) is 9.10.